The summed E-state index contributed by atoms with van der Waals surface area (Å²) >= 11 is 0. The number of aromatic hydroxyl groups is 2. The van der Waals surface area contributed by atoms with Crippen molar-refractivity contribution in [2.24, 2.45) is 0 Å². The van der Waals surface area contributed by atoms with Gasteiger partial charge in [0.05, 0.1) is 0 Å². The minimum absolute atomic E-state index is 0.163. The van der Waals surface area contributed by atoms with Crippen LogP contribution >= 0.6 is 0 Å². The smallest absolute Gasteiger partial charge is 0.125 e. The van der Waals surface area contributed by atoms with Crippen LogP contribution < -0.4 is 0 Å². The summed E-state index contributed by atoms with van der Waals surface area (Å²) in [6, 6.07) is 3.48. The maximum Gasteiger partial charge on any atom is 0.125 e. The second kappa shape index (κ2) is 3.97. The highest BCUT2D eigenvalue weighted by molar-refractivity contribution is 5.50. The van der Waals surface area contributed by atoms with Crippen LogP contribution in [-0.4, -0.2) is 10.2 Å². The first-order chi connectivity index (χ1) is 7.20. The van der Waals surface area contributed by atoms with Crippen molar-refractivity contribution in [1.29, 1.82) is 0 Å². The molecule has 1 aromatic carbocycles. The zero-order valence-corrected chi connectivity index (χ0v) is 8.90. The Hall–Kier alpha value is -1.44. The molecular weight excluding hydrogens is 188 g/mol. The maximum absolute atomic E-state index is 9.94. The summed E-state index contributed by atoms with van der Waals surface area (Å²) < 4.78 is 0. The van der Waals surface area contributed by atoms with Gasteiger partial charge in [0, 0.05) is 17.0 Å². The van der Waals surface area contributed by atoms with Crippen LogP contribution in [0.2, 0.25) is 0 Å². The van der Waals surface area contributed by atoms with Crippen molar-refractivity contribution in [3.05, 3.63) is 35.4 Å². The number of allylic oxidation sites excluding steroid dienone is 2. The van der Waals surface area contributed by atoms with Gasteiger partial charge in [0.1, 0.15) is 11.5 Å². The molecule has 2 rings (SSSR count). The average molecular weight is 204 g/mol. The first-order valence-electron chi connectivity index (χ1n) is 5.38. The lowest BCUT2D eigenvalue weighted by Gasteiger charge is -2.19. The van der Waals surface area contributed by atoms with Gasteiger partial charge in [-0.15, -0.1) is 0 Å². The van der Waals surface area contributed by atoms with E-state index in [1.54, 1.807) is 13.0 Å². The Kier molecular flexibility index (Phi) is 2.67. The van der Waals surface area contributed by atoms with Crippen molar-refractivity contribution in [3.8, 4) is 11.5 Å². The molecule has 2 heteroatoms. The van der Waals surface area contributed by atoms with E-state index in [-0.39, 0.29) is 11.5 Å². The lowest BCUT2D eigenvalue weighted by atomic mass is 9.88. The van der Waals surface area contributed by atoms with Crippen LogP contribution in [0.3, 0.4) is 0 Å². The third-order valence-electron chi connectivity index (χ3n) is 3.09. The summed E-state index contributed by atoms with van der Waals surface area (Å²) in [6.07, 6.45) is 7.69. The van der Waals surface area contributed by atoms with E-state index in [2.05, 4.69) is 12.2 Å². The molecule has 1 aromatic rings. The van der Waals surface area contributed by atoms with E-state index < -0.39 is 0 Å². The molecule has 0 spiro atoms. The number of benzene rings is 1. The van der Waals surface area contributed by atoms with Crippen LogP contribution in [0.15, 0.2) is 24.3 Å². The number of hydrogen-bond donors (Lipinski definition) is 2. The highest BCUT2D eigenvalue weighted by atomic mass is 16.3. The van der Waals surface area contributed by atoms with Gasteiger partial charge in [-0.3, -0.25) is 0 Å². The van der Waals surface area contributed by atoms with Crippen molar-refractivity contribution in [2.75, 3.05) is 0 Å². The van der Waals surface area contributed by atoms with E-state index in [1.807, 2.05) is 6.07 Å². The maximum atomic E-state index is 9.94. The van der Waals surface area contributed by atoms with Crippen molar-refractivity contribution in [1.82, 2.24) is 0 Å². The van der Waals surface area contributed by atoms with Gasteiger partial charge >= 0.3 is 0 Å². The Labute approximate surface area is 89.9 Å². The molecule has 0 aromatic heterocycles. The Morgan fingerprint density at radius 1 is 1.27 bits per heavy atom. The van der Waals surface area contributed by atoms with Gasteiger partial charge in [-0.1, -0.05) is 18.2 Å². The molecule has 1 unspecified atom stereocenters. The molecule has 15 heavy (non-hydrogen) atoms. The predicted molar refractivity (Wildman–Crippen MR) is 60.2 cm³/mol. The molecule has 1 aliphatic rings. The first kappa shape index (κ1) is 10.1. The number of phenols is 2. The molecule has 2 N–H and O–H groups in total. The standard InChI is InChI=1S/C13H16O2/c1-9-12(14)8-7-11(13(9)15)10-5-3-2-4-6-10/h3,5,7-8,10,14-15H,2,4,6H2,1H3. The molecule has 1 aliphatic carbocycles. The fourth-order valence-corrected chi connectivity index (χ4v) is 2.08. The molecule has 1 atom stereocenters. The van der Waals surface area contributed by atoms with Gasteiger partial charge in [0.15, 0.2) is 0 Å². The molecule has 2 nitrogen and oxygen atoms in total. The lowest BCUT2D eigenvalue weighted by molar-refractivity contribution is 0.435. The van der Waals surface area contributed by atoms with E-state index in [4.69, 9.17) is 0 Å². The van der Waals surface area contributed by atoms with Crippen molar-refractivity contribution in [3.63, 3.8) is 0 Å². The van der Waals surface area contributed by atoms with Gasteiger partial charge in [-0.2, -0.15) is 0 Å². The van der Waals surface area contributed by atoms with E-state index in [0.717, 1.165) is 18.4 Å². The Morgan fingerprint density at radius 3 is 2.73 bits per heavy atom. The van der Waals surface area contributed by atoms with Crippen LogP contribution in [0.1, 0.15) is 36.3 Å². The second-order valence-corrected chi connectivity index (χ2v) is 4.11. The van der Waals surface area contributed by atoms with Crippen LogP contribution in [0.25, 0.3) is 0 Å². The number of phenolic OH excluding ortho intramolecular Hbond substituents is 2. The minimum atomic E-state index is 0.163. The average Bonchev–Trinajstić information content (AvgIpc) is 2.27. The highest BCUT2D eigenvalue weighted by Crippen LogP contribution is 2.38. The molecule has 0 fully saturated rings. The number of rotatable bonds is 1. The summed E-state index contributed by atoms with van der Waals surface area (Å²) in [5.74, 6) is 0.709. The molecule has 0 radical (unpaired) electrons. The molecule has 0 heterocycles. The van der Waals surface area contributed by atoms with Gasteiger partial charge in [-0.05, 0) is 32.3 Å². The Bertz CT molecular complexity index is 394. The quantitative estimate of drug-likeness (QED) is 0.689. The largest absolute Gasteiger partial charge is 0.508 e. The van der Waals surface area contributed by atoms with Crippen LogP contribution in [0, 0.1) is 6.92 Å². The summed E-state index contributed by atoms with van der Waals surface area (Å²) in [6.45, 7) is 1.74. The van der Waals surface area contributed by atoms with Crippen LogP contribution in [0.5, 0.6) is 11.5 Å². The van der Waals surface area contributed by atoms with E-state index in [9.17, 15) is 10.2 Å². The normalized spacial score (nSPS) is 20.5. The first-order valence-corrected chi connectivity index (χ1v) is 5.38. The summed E-state index contributed by atoms with van der Waals surface area (Å²) in [7, 11) is 0. The zero-order chi connectivity index (χ0) is 10.8. The molecule has 0 bridgehead atoms. The molecular formula is C13H16O2. The molecule has 0 aliphatic heterocycles. The summed E-state index contributed by atoms with van der Waals surface area (Å²) in [5.41, 5.74) is 1.51. The summed E-state index contributed by atoms with van der Waals surface area (Å²) in [5, 5.41) is 19.4. The second-order valence-electron chi connectivity index (χ2n) is 4.11. The molecule has 80 valence electrons. The number of hydrogen-bond acceptors (Lipinski definition) is 2. The Morgan fingerprint density at radius 2 is 2.07 bits per heavy atom. The molecule has 0 saturated heterocycles. The third-order valence-corrected chi connectivity index (χ3v) is 3.09. The fraction of sp³-hybridized carbons (Fsp3) is 0.385. The van der Waals surface area contributed by atoms with Crippen molar-refractivity contribution >= 4 is 0 Å². The third kappa shape index (κ3) is 1.84. The van der Waals surface area contributed by atoms with E-state index in [0.29, 0.717) is 11.5 Å². The van der Waals surface area contributed by atoms with E-state index >= 15 is 0 Å². The van der Waals surface area contributed by atoms with Gasteiger partial charge in [-0.25, -0.2) is 0 Å². The van der Waals surface area contributed by atoms with Gasteiger partial charge in [0.2, 0.25) is 0 Å². The van der Waals surface area contributed by atoms with Gasteiger partial charge < -0.3 is 10.2 Å². The fourth-order valence-electron chi connectivity index (χ4n) is 2.08. The highest BCUT2D eigenvalue weighted by Gasteiger charge is 2.17. The molecule has 0 saturated carbocycles. The van der Waals surface area contributed by atoms with Crippen molar-refractivity contribution < 1.29 is 10.2 Å². The van der Waals surface area contributed by atoms with Gasteiger partial charge in [0.25, 0.3) is 0 Å². The van der Waals surface area contributed by atoms with Crippen molar-refractivity contribution in [2.45, 2.75) is 32.1 Å². The molecule has 0 amide bonds. The SMILES string of the molecule is Cc1c(O)ccc(C2C=CCCC2)c1O. The zero-order valence-electron chi connectivity index (χ0n) is 8.90. The monoisotopic (exact) mass is 204 g/mol. The predicted octanol–water partition coefficient (Wildman–Crippen LogP) is 3.23. The lowest BCUT2D eigenvalue weighted by Crippen LogP contribution is -2.00. The topological polar surface area (TPSA) is 40.5 Å². The minimum Gasteiger partial charge on any atom is -0.508 e. The summed E-state index contributed by atoms with van der Waals surface area (Å²) in [4.78, 5) is 0. The Balaban J connectivity index is 2.40. The van der Waals surface area contributed by atoms with Crippen LogP contribution in [-0.2, 0) is 0 Å². The van der Waals surface area contributed by atoms with Crippen LogP contribution in [0.4, 0.5) is 0 Å². The van der Waals surface area contributed by atoms with E-state index in [1.165, 1.54) is 6.42 Å².